The summed E-state index contributed by atoms with van der Waals surface area (Å²) >= 11 is 6.14. The number of aromatic carboxylic acids is 1. The lowest BCUT2D eigenvalue weighted by molar-refractivity contribution is -0.137. The van der Waals surface area contributed by atoms with Crippen LogP contribution in [-0.4, -0.2) is 67.5 Å². The molecule has 0 radical (unpaired) electrons. The van der Waals surface area contributed by atoms with Gasteiger partial charge in [-0.2, -0.15) is 4.68 Å². The summed E-state index contributed by atoms with van der Waals surface area (Å²) in [4.78, 5) is 65.9. The number of benzene rings is 3. The second kappa shape index (κ2) is 14.2. The predicted molar refractivity (Wildman–Crippen MR) is 179 cm³/mol. The molecule has 2 aliphatic rings. The predicted octanol–water partition coefficient (Wildman–Crippen LogP) is 4.01. The van der Waals surface area contributed by atoms with E-state index in [1.54, 1.807) is 24.3 Å². The number of aromatic nitrogens is 4. The Morgan fingerprint density at radius 1 is 0.918 bits per heavy atom. The topological polar surface area (TPSA) is 189 Å². The first-order chi connectivity index (χ1) is 23.6. The number of carboxylic acids is 1. The minimum absolute atomic E-state index is 0.00324. The number of rotatable bonds is 9. The minimum atomic E-state index is -1.22. The number of hydrogen-bond acceptors (Lipinski definition) is 8. The van der Waals surface area contributed by atoms with Gasteiger partial charge in [-0.05, 0) is 88.8 Å². The highest BCUT2D eigenvalue weighted by Gasteiger charge is 2.44. The Morgan fingerprint density at radius 2 is 1.65 bits per heavy atom. The van der Waals surface area contributed by atoms with E-state index < -0.39 is 29.7 Å². The lowest BCUT2D eigenvalue weighted by Crippen LogP contribution is -2.49. The third kappa shape index (κ3) is 7.75. The van der Waals surface area contributed by atoms with E-state index in [1.165, 1.54) is 47.8 Å². The van der Waals surface area contributed by atoms with Gasteiger partial charge in [0.15, 0.2) is 0 Å². The molecule has 14 nitrogen and oxygen atoms in total. The van der Waals surface area contributed by atoms with Crippen molar-refractivity contribution in [2.24, 2.45) is 5.41 Å². The quantitative estimate of drug-likeness (QED) is 0.189. The van der Waals surface area contributed by atoms with Gasteiger partial charge in [-0.25, -0.2) is 4.79 Å². The van der Waals surface area contributed by atoms with Crippen molar-refractivity contribution in [3.05, 3.63) is 89.2 Å². The van der Waals surface area contributed by atoms with E-state index in [-0.39, 0.29) is 34.0 Å². The van der Waals surface area contributed by atoms with Gasteiger partial charge in [-0.3, -0.25) is 19.2 Å². The molecule has 1 atom stereocenters. The Morgan fingerprint density at radius 3 is 2.33 bits per heavy atom. The zero-order valence-corrected chi connectivity index (χ0v) is 27.0. The van der Waals surface area contributed by atoms with Gasteiger partial charge in [0.05, 0.1) is 16.9 Å². The average Bonchev–Trinajstić information content (AvgIpc) is 3.73. The van der Waals surface area contributed by atoms with Gasteiger partial charge in [0.25, 0.3) is 0 Å². The number of halogens is 1. The molecular formula is C34H33ClN8O6. The van der Waals surface area contributed by atoms with Gasteiger partial charge in [-0.15, -0.1) is 5.10 Å². The molecule has 4 amide bonds. The van der Waals surface area contributed by atoms with E-state index in [4.69, 9.17) is 11.6 Å². The summed E-state index contributed by atoms with van der Waals surface area (Å²) in [5.74, 6) is -3.83. The summed E-state index contributed by atoms with van der Waals surface area (Å²) in [6.07, 6.45) is 7.43. The Hall–Kier alpha value is -5.63. The Labute approximate surface area is 285 Å². The summed E-state index contributed by atoms with van der Waals surface area (Å²) in [5, 5.41) is 28.2. The second-order valence-corrected chi connectivity index (χ2v) is 12.8. The molecule has 252 valence electrons. The summed E-state index contributed by atoms with van der Waals surface area (Å²) in [5.41, 5.74) is 2.29. The molecule has 6 rings (SSSR count). The van der Waals surface area contributed by atoms with Crippen LogP contribution in [0.5, 0.6) is 0 Å². The maximum Gasteiger partial charge on any atom is 0.335 e. The number of anilines is 3. The molecule has 1 aliphatic carbocycles. The van der Waals surface area contributed by atoms with E-state index in [0.717, 1.165) is 31.4 Å². The Kier molecular flexibility index (Phi) is 9.67. The number of nitrogens with one attached hydrogen (secondary N) is 3. The first-order valence-corrected chi connectivity index (χ1v) is 16.2. The van der Waals surface area contributed by atoms with E-state index in [0.29, 0.717) is 29.9 Å². The number of hydrogen-bond donors (Lipinski definition) is 4. The molecule has 1 saturated carbocycles. The molecule has 4 N–H and O–H groups in total. The third-order valence-electron chi connectivity index (χ3n) is 8.95. The van der Waals surface area contributed by atoms with Crippen LogP contribution in [0.2, 0.25) is 5.02 Å². The van der Waals surface area contributed by atoms with Crippen LogP contribution >= 0.6 is 11.6 Å². The van der Waals surface area contributed by atoms with Gasteiger partial charge in [-0.1, -0.05) is 43.0 Å². The minimum Gasteiger partial charge on any atom is -0.478 e. The zero-order valence-electron chi connectivity index (χ0n) is 26.3. The number of amides is 4. The number of carboxylic acid groups (broad SMARTS) is 1. The zero-order chi connectivity index (χ0) is 34.5. The molecule has 0 unspecified atom stereocenters. The van der Waals surface area contributed by atoms with Crippen molar-refractivity contribution in [1.29, 1.82) is 0 Å². The van der Waals surface area contributed by atoms with Crippen molar-refractivity contribution in [2.45, 2.75) is 51.0 Å². The summed E-state index contributed by atoms with van der Waals surface area (Å²) in [6, 6.07) is 16.1. The summed E-state index contributed by atoms with van der Waals surface area (Å²) in [6.45, 7) is 0.684. The first-order valence-electron chi connectivity index (χ1n) is 15.8. The van der Waals surface area contributed by atoms with Gasteiger partial charge in [0.1, 0.15) is 12.4 Å². The van der Waals surface area contributed by atoms with Crippen LogP contribution in [0.1, 0.15) is 54.4 Å². The lowest BCUT2D eigenvalue weighted by Gasteiger charge is -2.32. The van der Waals surface area contributed by atoms with Crippen LogP contribution in [-0.2, 0) is 25.6 Å². The monoisotopic (exact) mass is 684 g/mol. The highest BCUT2D eigenvalue weighted by atomic mass is 35.5. The molecule has 1 aromatic heterocycles. The fourth-order valence-corrected chi connectivity index (χ4v) is 6.60. The maximum absolute atomic E-state index is 13.5. The fourth-order valence-electron chi connectivity index (χ4n) is 6.43. The van der Waals surface area contributed by atoms with Crippen LogP contribution in [0.4, 0.5) is 17.1 Å². The maximum atomic E-state index is 13.5. The van der Waals surface area contributed by atoms with E-state index in [2.05, 4.69) is 31.5 Å². The highest BCUT2D eigenvalue weighted by molar-refractivity contribution is 6.40. The number of carbonyl (C=O) groups excluding carboxylic acids is 4. The average molecular weight is 685 g/mol. The van der Waals surface area contributed by atoms with E-state index in [1.807, 2.05) is 17.0 Å². The van der Waals surface area contributed by atoms with Crippen molar-refractivity contribution < 1.29 is 29.1 Å². The molecule has 4 aromatic rings. The molecule has 15 heteroatoms. The standard InChI is InChI=1S/C34H33ClN8O6/c35-23-8-13-28(43-20-36-40-41-43)26(17-23)38-31(46)32(47)39-27(30(45)37-24-9-6-22(7-10-24)33(48)49)16-21-4-11-25(12-5-21)42-19-34(18-29(42)44)14-2-1-3-15-34/h4-13,17,20,27H,1-3,14-16,18-19H2,(H,37,45)(H,38,46)(H,39,47)(H,48,49)/t27-/m0/s1. The Balaban J connectivity index is 1.19. The molecule has 1 saturated heterocycles. The number of carbonyl (C=O) groups is 5. The van der Waals surface area contributed by atoms with Gasteiger partial charge in [0, 0.05) is 35.8 Å². The van der Waals surface area contributed by atoms with Crippen molar-refractivity contribution in [3.63, 3.8) is 0 Å². The number of nitrogens with zero attached hydrogens (tertiary/aromatic N) is 5. The molecule has 3 aromatic carbocycles. The normalized spacial score (nSPS) is 15.9. The molecule has 1 aliphatic heterocycles. The first kappa shape index (κ1) is 33.3. The number of tetrazole rings is 1. The molecule has 0 bridgehead atoms. The fraction of sp³-hybridized carbons (Fsp3) is 0.294. The third-order valence-corrected chi connectivity index (χ3v) is 9.19. The van der Waals surface area contributed by atoms with Crippen LogP contribution in [0.25, 0.3) is 5.69 Å². The summed E-state index contributed by atoms with van der Waals surface area (Å²) < 4.78 is 1.28. The largest absolute Gasteiger partial charge is 0.478 e. The van der Waals surface area contributed by atoms with Crippen molar-refractivity contribution >= 4 is 58.3 Å². The van der Waals surface area contributed by atoms with Gasteiger partial charge in [0.2, 0.25) is 11.8 Å². The van der Waals surface area contributed by atoms with Crippen LogP contribution < -0.4 is 20.9 Å². The van der Waals surface area contributed by atoms with Gasteiger partial charge < -0.3 is 26.0 Å². The molecular weight excluding hydrogens is 652 g/mol. The van der Waals surface area contributed by atoms with Crippen LogP contribution in [0, 0.1) is 5.41 Å². The Bertz CT molecular complexity index is 1880. The molecule has 2 heterocycles. The molecule has 2 fully saturated rings. The van der Waals surface area contributed by atoms with Gasteiger partial charge >= 0.3 is 17.8 Å². The smallest absolute Gasteiger partial charge is 0.335 e. The van der Waals surface area contributed by atoms with E-state index in [9.17, 15) is 29.1 Å². The highest BCUT2D eigenvalue weighted by Crippen LogP contribution is 2.45. The second-order valence-electron chi connectivity index (χ2n) is 12.4. The van der Waals surface area contributed by atoms with Crippen molar-refractivity contribution in [2.75, 3.05) is 22.1 Å². The van der Waals surface area contributed by atoms with E-state index >= 15 is 0 Å². The molecule has 1 spiro atoms. The van der Waals surface area contributed by atoms with Crippen LogP contribution in [0.3, 0.4) is 0 Å². The SMILES string of the molecule is O=C(Nc1cc(Cl)ccc1-n1cnnn1)C(=O)N[C@@H](Cc1ccc(N2CC3(CCCCC3)CC2=O)cc1)C(=O)Nc1ccc(C(=O)O)cc1. The van der Waals surface area contributed by atoms with Crippen molar-refractivity contribution in [1.82, 2.24) is 25.5 Å². The lowest BCUT2D eigenvalue weighted by atomic mass is 9.73. The van der Waals surface area contributed by atoms with Crippen molar-refractivity contribution in [3.8, 4) is 5.69 Å². The molecule has 49 heavy (non-hydrogen) atoms. The summed E-state index contributed by atoms with van der Waals surface area (Å²) in [7, 11) is 0. The van der Waals surface area contributed by atoms with Crippen LogP contribution in [0.15, 0.2) is 73.1 Å².